The number of hydrogen-bond donors (Lipinski definition) is 0. The minimum atomic E-state index is 0.352. The predicted octanol–water partition coefficient (Wildman–Crippen LogP) is 4.25. The molecular formula is C15H20N2S. The molecule has 1 aliphatic rings. The first kappa shape index (κ1) is 13.2. The molecule has 0 spiro atoms. The van der Waals surface area contributed by atoms with Gasteiger partial charge in [0.05, 0.1) is 22.5 Å². The van der Waals surface area contributed by atoms with E-state index in [1.54, 1.807) is 11.8 Å². The van der Waals surface area contributed by atoms with Gasteiger partial charge in [0.1, 0.15) is 0 Å². The Balaban J connectivity index is 2.39. The maximum absolute atomic E-state index is 4.74. The van der Waals surface area contributed by atoms with Gasteiger partial charge in [0.2, 0.25) is 0 Å². The van der Waals surface area contributed by atoms with E-state index in [0.717, 1.165) is 12.2 Å². The standard InChI is InChI=1S/C15H20N2S/c1-11(2)9-10-17-12(3)15(18-4)16-13-7-5-6-8-14(13)17/h5-9,12H,10H2,1-4H3. The number of nitrogens with zero attached hydrogens (tertiary/aromatic N) is 2. The van der Waals surface area contributed by atoms with Crippen molar-refractivity contribution in [3.8, 4) is 0 Å². The van der Waals surface area contributed by atoms with Crippen molar-refractivity contribution < 1.29 is 0 Å². The van der Waals surface area contributed by atoms with Gasteiger partial charge in [-0.15, -0.1) is 11.8 Å². The van der Waals surface area contributed by atoms with Crippen molar-refractivity contribution in [2.75, 3.05) is 17.7 Å². The first-order valence-corrected chi connectivity index (χ1v) is 7.47. The molecule has 0 N–H and O–H groups in total. The van der Waals surface area contributed by atoms with E-state index >= 15 is 0 Å². The lowest BCUT2D eigenvalue weighted by Gasteiger charge is -2.35. The molecule has 0 aliphatic carbocycles. The fraction of sp³-hybridized carbons (Fsp3) is 0.400. The minimum absolute atomic E-state index is 0.352. The van der Waals surface area contributed by atoms with Crippen molar-refractivity contribution in [2.45, 2.75) is 26.8 Å². The Morgan fingerprint density at radius 2 is 2.11 bits per heavy atom. The van der Waals surface area contributed by atoms with Crippen molar-refractivity contribution in [3.63, 3.8) is 0 Å². The average Bonchev–Trinajstić information content (AvgIpc) is 2.36. The monoisotopic (exact) mass is 260 g/mol. The first-order chi connectivity index (χ1) is 8.63. The number of fused-ring (bicyclic) bond motifs is 1. The van der Waals surface area contributed by atoms with Crippen LogP contribution in [0.4, 0.5) is 11.4 Å². The van der Waals surface area contributed by atoms with Crippen LogP contribution in [-0.4, -0.2) is 23.9 Å². The number of benzene rings is 1. The summed E-state index contributed by atoms with van der Waals surface area (Å²) in [6.45, 7) is 7.46. The summed E-state index contributed by atoms with van der Waals surface area (Å²) >= 11 is 1.74. The van der Waals surface area contributed by atoms with Gasteiger partial charge in [-0.3, -0.25) is 0 Å². The van der Waals surface area contributed by atoms with Crippen molar-refractivity contribution in [3.05, 3.63) is 35.9 Å². The van der Waals surface area contributed by atoms with Crippen molar-refractivity contribution in [2.24, 2.45) is 4.99 Å². The summed E-state index contributed by atoms with van der Waals surface area (Å²) in [5, 5.41) is 1.19. The highest BCUT2D eigenvalue weighted by atomic mass is 32.2. The fourth-order valence-corrected chi connectivity index (χ4v) is 2.77. The summed E-state index contributed by atoms with van der Waals surface area (Å²) in [6.07, 6.45) is 4.37. The van der Waals surface area contributed by atoms with Crippen LogP contribution in [0.3, 0.4) is 0 Å². The van der Waals surface area contributed by atoms with Crippen LogP contribution < -0.4 is 4.90 Å². The molecule has 0 aromatic heterocycles. The lowest BCUT2D eigenvalue weighted by atomic mass is 10.1. The number of allylic oxidation sites excluding steroid dienone is 1. The highest BCUT2D eigenvalue weighted by Crippen LogP contribution is 2.36. The second-order valence-corrected chi connectivity index (χ2v) is 5.58. The van der Waals surface area contributed by atoms with Gasteiger partial charge in [-0.05, 0) is 39.2 Å². The highest BCUT2D eigenvalue weighted by molar-refractivity contribution is 8.13. The van der Waals surface area contributed by atoms with E-state index in [2.05, 4.69) is 62.3 Å². The number of anilines is 1. The van der Waals surface area contributed by atoms with Crippen molar-refractivity contribution in [1.29, 1.82) is 0 Å². The number of aliphatic imine (C=N–C) groups is 1. The zero-order chi connectivity index (χ0) is 13.1. The first-order valence-electron chi connectivity index (χ1n) is 6.25. The summed E-state index contributed by atoms with van der Waals surface area (Å²) in [5.41, 5.74) is 3.68. The Morgan fingerprint density at radius 1 is 1.39 bits per heavy atom. The topological polar surface area (TPSA) is 15.6 Å². The Hall–Kier alpha value is -1.22. The third-order valence-corrected chi connectivity index (χ3v) is 4.00. The van der Waals surface area contributed by atoms with Crippen LogP contribution in [0.25, 0.3) is 0 Å². The lowest BCUT2D eigenvalue weighted by Crippen LogP contribution is -2.40. The van der Waals surface area contributed by atoms with Crippen LogP contribution >= 0.6 is 11.8 Å². The summed E-state index contributed by atoms with van der Waals surface area (Å²) in [5.74, 6) is 0. The van der Waals surface area contributed by atoms with E-state index in [1.165, 1.54) is 16.3 Å². The molecule has 1 aliphatic heterocycles. The molecule has 0 saturated carbocycles. The predicted molar refractivity (Wildman–Crippen MR) is 83.3 cm³/mol. The summed E-state index contributed by atoms with van der Waals surface area (Å²) in [4.78, 5) is 7.16. The van der Waals surface area contributed by atoms with Gasteiger partial charge in [-0.2, -0.15) is 0 Å². The largest absolute Gasteiger partial charge is 0.357 e. The van der Waals surface area contributed by atoms with Crippen LogP contribution in [0.1, 0.15) is 20.8 Å². The van der Waals surface area contributed by atoms with Gasteiger partial charge in [0.15, 0.2) is 0 Å². The number of thioether (sulfide) groups is 1. The molecule has 0 saturated heterocycles. The van der Waals surface area contributed by atoms with E-state index in [-0.39, 0.29) is 0 Å². The molecule has 1 atom stereocenters. The van der Waals surface area contributed by atoms with Gasteiger partial charge < -0.3 is 4.90 Å². The molecule has 1 aromatic carbocycles. The maximum Gasteiger partial charge on any atom is 0.0959 e. The van der Waals surface area contributed by atoms with E-state index in [9.17, 15) is 0 Å². The summed E-state index contributed by atoms with van der Waals surface area (Å²) in [6, 6.07) is 8.74. The van der Waals surface area contributed by atoms with Crippen LogP contribution in [0, 0.1) is 0 Å². The Bertz CT molecular complexity index is 487. The average molecular weight is 260 g/mol. The Labute approximate surface area is 114 Å². The molecule has 1 aromatic rings. The molecule has 2 nitrogen and oxygen atoms in total. The van der Waals surface area contributed by atoms with Gasteiger partial charge in [0, 0.05) is 6.54 Å². The lowest BCUT2D eigenvalue weighted by molar-refractivity contribution is 0.811. The number of rotatable bonds is 2. The van der Waals surface area contributed by atoms with E-state index in [1.807, 2.05) is 0 Å². The molecule has 18 heavy (non-hydrogen) atoms. The van der Waals surface area contributed by atoms with E-state index in [4.69, 9.17) is 4.99 Å². The maximum atomic E-state index is 4.74. The van der Waals surface area contributed by atoms with Crippen LogP contribution in [-0.2, 0) is 0 Å². The molecule has 0 radical (unpaired) electrons. The second kappa shape index (κ2) is 5.61. The van der Waals surface area contributed by atoms with Gasteiger partial charge in [0.25, 0.3) is 0 Å². The molecule has 3 heteroatoms. The SMILES string of the molecule is CSC1=Nc2ccccc2N(CC=C(C)C)C1C. The number of para-hydroxylation sites is 2. The van der Waals surface area contributed by atoms with E-state index in [0.29, 0.717) is 6.04 Å². The van der Waals surface area contributed by atoms with Gasteiger partial charge in [-0.1, -0.05) is 23.8 Å². The van der Waals surface area contributed by atoms with E-state index < -0.39 is 0 Å². The normalized spacial score (nSPS) is 18.1. The fourth-order valence-electron chi connectivity index (χ4n) is 2.11. The Kier molecular flexibility index (Phi) is 4.12. The molecule has 0 bridgehead atoms. The summed E-state index contributed by atoms with van der Waals surface area (Å²) in [7, 11) is 0. The van der Waals surface area contributed by atoms with Crippen LogP contribution in [0.15, 0.2) is 40.9 Å². The highest BCUT2D eigenvalue weighted by Gasteiger charge is 2.25. The molecule has 1 heterocycles. The third kappa shape index (κ3) is 2.61. The third-order valence-electron chi connectivity index (χ3n) is 3.15. The minimum Gasteiger partial charge on any atom is -0.357 e. The zero-order valence-electron chi connectivity index (χ0n) is 11.5. The molecular weight excluding hydrogens is 240 g/mol. The quantitative estimate of drug-likeness (QED) is 0.739. The summed E-state index contributed by atoms with van der Waals surface area (Å²) < 4.78 is 0. The molecule has 0 amide bonds. The molecule has 96 valence electrons. The van der Waals surface area contributed by atoms with Crippen LogP contribution in [0.2, 0.25) is 0 Å². The molecule has 1 unspecified atom stereocenters. The van der Waals surface area contributed by atoms with Crippen molar-refractivity contribution in [1.82, 2.24) is 0 Å². The number of hydrogen-bond acceptors (Lipinski definition) is 3. The van der Waals surface area contributed by atoms with Gasteiger partial charge >= 0.3 is 0 Å². The zero-order valence-corrected chi connectivity index (χ0v) is 12.3. The molecule has 0 fully saturated rings. The van der Waals surface area contributed by atoms with Gasteiger partial charge in [-0.25, -0.2) is 4.99 Å². The Morgan fingerprint density at radius 3 is 2.78 bits per heavy atom. The van der Waals surface area contributed by atoms with Crippen molar-refractivity contribution >= 4 is 28.2 Å². The second-order valence-electron chi connectivity index (χ2n) is 4.75. The molecule has 2 rings (SSSR count). The smallest absolute Gasteiger partial charge is 0.0959 e. The van der Waals surface area contributed by atoms with Crippen LogP contribution in [0.5, 0.6) is 0 Å².